The average Bonchev–Trinajstić information content (AvgIpc) is 2.50. The van der Waals surface area contributed by atoms with Crippen LogP contribution in [0.15, 0.2) is 54.6 Å². The maximum atomic E-state index is 13.4. The Hall–Kier alpha value is -2.89. The van der Waals surface area contributed by atoms with Crippen molar-refractivity contribution in [1.82, 2.24) is 5.32 Å². The normalized spacial score (nSPS) is 9.91. The molecule has 0 spiro atoms. The SMILES string of the molecule is CN(CC(=O)NC(=O)Nc1ccccc1F)c1ccccc1. The lowest BCUT2D eigenvalue weighted by Crippen LogP contribution is -2.40. The van der Waals surface area contributed by atoms with Crippen LogP contribution >= 0.6 is 0 Å². The predicted molar refractivity (Wildman–Crippen MR) is 83.3 cm³/mol. The molecule has 6 heteroatoms. The van der Waals surface area contributed by atoms with E-state index in [4.69, 9.17) is 0 Å². The number of benzene rings is 2. The van der Waals surface area contributed by atoms with Crippen LogP contribution in [0.25, 0.3) is 0 Å². The largest absolute Gasteiger partial charge is 0.365 e. The molecule has 22 heavy (non-hydrogen) atoms. The van der Waals surface area contributed by atoms with Crippen LogP contribution in [0.1, 0.15) is 0 Å². The summed E-state index contributed by atoms with van der Waals surface area (Å²) >= 11 is 0. The second-order valence-electron chi connectivity index (χ2n) is 4.67. The van der Waals surface area contributed by atoms with Gasteiger partial charge in [0, 0.05) is 12.7 Å². The van der Waals surface area contributed by atoms with Crippen LogP contribution in [0.5, 0.6) is 0 Å². The van der Waals surface area contributed by atoms with Crippen molar-refractivity contribution in [2.75, 3.05) is 23.8 Å². The van der Waals surface area contributed by atoms with E-state index in [9.17, 15) is 14.0 Å². The molecule has 0 unspecified atom stereocenters. The van der Waals surface area contributed by atoms with Crippen LogP contribution in [0.3, 0.4) is 0 Å². The Morgan fingerprint density at radius 3 is 2.36 bits per heavy atom. The number of nitrogens with one attached hydrogen (secondary N) is 2. The minimum atomic E-state index is -0.767. The summed E-state index contributed by atoms with van der Waals surface area (Å²) in [4.78, 5) is 25.2. The fraction of sp³-hybridized carbons (Fsp3) is 0.125. The number of likely N-dealkylation sites (N-methyl/N-ethyl adjacent to an activating group) is 1. The smallest absolute Gasteiger partial charge is 0.326 e. The van der Waals surface area contributed by atoms with Gasteiger partial charge in [-0.15, -0.1) is 0 Å². The summed E-state index contributed by atoms with van der Waals surface area (Å²) in [5.41, 5.74) is 0.872. The van der Waals surface area contributed by atoms with E-state index in [0.29, 0.717) is 0 Å². The van der Waals surface area contributed by atoms with E-state index in [2.05, 4.69) is 10.6 Å². The molecule has 0 heterocycles. The summed E-state index contributed by atoms with van der Waals surface area (Å²) in [6.07, 6.45) is 0. The highest BCUT2D eigenvalue weighted by atomic mass is 19.1. The van der Waals surface area contributed by atoms with Gasteiger partial charge >= 0.3 is 6.03 Å². The molecule has 2 N–H and O–H groups in total. The highest BCUT2D eigenvalue weighted by molar-refractivity contribution is 6.02. The zero-order valence-electron chi connectivity index (χ0n) is 12.0. The molecular weight excluding hydrogens is 285 g/mol. The van der Waals surface area contributed by atoms with E-state index >= 15 is 0 Å². The Morgan fingerprint density at radius 2 is 1.68 bits per heavy atom. The third-order valence-corrected chi connectivity index (χ3v) is 2.95. The summed E-state index contributed by atoms with van der Waals surface area (Å²) in [5, 5.41) is 4.45. The number of carbonyl (C=O) groups is 2. The van der Waals surface area contributed by atoms with Gasteiger partial charge in [0.15, 0.2) is 0 Å². The van der Waals surface area contributed by atoms with Crippen molar-refractivity contribution in [2.45, 2.75) is 0 Å². The van der Waals surface area contributed by atoms with Crippen LogP contribution in [0.4, 0.5) is 20.6 Å². The second-order valence-corrected chi connectivity index (χ2v) is 4.67. The summed E-state index contributed by atoms with van der Waals surface area (Å²) in [5.74, 6) is -1.05. The first-order valence-corrected chi connectivity index (χ1v) is 6.68. The van der Waals surface area contributed by atoms with Gasteiger partial charge in [-0.05, 0) is 24.3 Å². The Bertz CT molecular complexity index is 661. The summed E-state index contributed by atoms with van der Waals surface area (Å²) < 4.78 is 13.4. The van der Waals surface area contributed by atoms with E-state index in [1.165, 1.54) is 18.2 Å². The van der Waals surface area contributed by atoms with Crippen LogP contribution in [0.2, 0.25) is 0 Å². The quantitative estimate of drug-likeness (QED) is 0.912. The molecule has 2 aromatic rings. The van der Waals surface area contributed by atoms with Crippen molar-refractivity contribution in [2.24, 2.45) is 0 Å². The number of para-hydroxylation sites is 2. The summed E-state index contributed by atoms with van der Waals surface area (Å²) in [6.45, 7) is 0.00864. The number of imide groups is 1. The number of urea groups is 1. The molecule has 0 aliphatic heterocycles. The van der Waals surface area contributed by atoms with Gasteiger partial charge in [-0.25, -0.2) is 9.18 Å². The summed E-state index contributed by atoms with van der Waals surface area (Å²) in [6, 6.07) is 14.3. The molecule has 5 nitrogen and oxygen atoms in total. The maximum absolute atomic E-state index is 13.4. The van der Waals surface area contributed by atoms with E-state index in [-0.39, 0.29) is 12.2 Å². The molecule has 2 aromatic carbocycles. The van der Waals surface area contributed by atoms with Gasteiger partial charge in [-0.2, -0.15) is 0 Å². The fourth-order valence-corrected chi connectivity index (χ4v) is 1.87. The van der Waals surface area contributed by atoms with Gasteiger partial charge in [0.05, 0.1) is 12.2 Å². The highest BCUT2D eigenvalue weighted by Gasteiger charge is 2.12. The lowest BCUT2D eigenvalue weighted by molar-refractivity contribution is -0.118. The topological polar surface area (TPSA) is 61.4 Å². The number of amides is 3. The van der Waals surface area contributed by atoms with Gasteiger partial charge in [0.25, 0.3) is 0 Å². The second kappa shape index (κ2) is 7.21. The number of nitrogens with zero attached hydrogens (tertiary/aromatic N) is 1. The molecule has 0 radical (unpaired) electrons. The fourth-order valence-electron chi connectivity index (χ4n) is 1.87. The number of hydrogen-bond acceptors (Lipinski definition) is 3. The molecule has 0 atom stereocenters. The first-order valence-electron chi connectivity index (χ1n) is 6.68. The molecule has 2 rings (SSSR count). The maximum Gasteiger partial charge on any atom is 0.326 e. The Kier molecular flexibility index (Phi) is 5.08. The zero-order chi connectivity index (χ0) is 15.9. The molecule has 0 bridgehead atoms. The minimum Gasteiger partial charge on any atom is -0.365 e. The van der Waals surface area contributed by atoms with Crippen molar-refractivity contribution < 1.29 is 14.0 Å². The van der Waals surface area contributed by atoms with Crippen LogP contribution in [-0.4, -0.2) is 25.5 Å². The molecule has 0 aliphatic carbocycles. The standard InChI is InChI=1S/C16H16FN3O2/c1-20(12-7-3-2-4-8-12)11-15(21)19-16(22)18-14-10-6-5-9-13(14)17/h2-10H,11H2,1H3,(H2,18,19,21,22). The predicted octanol–water partition coefficient (Wildman–Crippen LogP) is 2.61. The minimum absolute atomic E-state index is 0.00864. The van der Waals surface area contributed by atoms with Crippen molar-refractivity contribution in [3.63, 3.8) is 0 Å². The number of halogens is 1. The highest BCUT2D eigenvalue weighted by Crippen LogP contribution is 2.12. The van der Waals surface area contributed by atoms with E-state index in [0.717, 1.165) is 5.69 Å². The van der Waals surface area contributed by atoms with E-state index < -0.39 is 17.8 Å². The molecule has 0 aromatic heterocycles. The van der Waals surface area contributed by atoms with Gasteiger partial charge in [0.1, 0.15) is 5.82 Å². The van der Waals surface area contributed by atoms with Crippen molar-refractivity contribution in [1.29, 1.82) is 0 Å². The van der Waals surface area contributed by atoms with Gasteiger partial charge < -0.3 is 10.2 Å². The lowest BCUT2D eigenvalue weighted by atomic mass is 10.3. The third kappa shape index (κ3) is 4.31. The lowest BCUT2D eigenvalue weighted by Gasteiger charge is -2.18. The monoisotopic (exact) mass is 301 g/mol. The van der Waals surface area contributed by atoms with Gasteiger partial charge in [0.2, 0.25) is 5.91 Å². The number of hydrogen-bond donors (Lipinski definition) is 2. The molecular formula is C16H16FN3O2. The molecule has 0 fully saturated rings. The Balaban J connectivity index is 1.87. The Labute approximate surface area is 127 Å². The average molecular weight is 301 g/mol. The Morgan fingerprint density at radius 1 is 1.05 bits per heavy atom. The van der Waals surface area contributed by atoms with Crippen LogP contribution in [0, 0.1) is 5.82 Å². The first-order chi connectivity index (χ1) is 10.6. The van der Waals surface area contributed by atoms with Crippen LogP contribution < -0.4 is 15.5 Å². The molecule has 0 aliphatic rings. The van der Waals surface area contributed by atoms with Crippen molar-refractivity contribution in [3.8, 4) is 0 Å². The number of anilines is 2. The molecule has 114 valence electrons. The number of carbonyl (C=O) groups excluding carboxylic acids is 2. The molecule has 3 amide bonds. The van der Waals surface area contributed by atoms with E-state index in [1.807, 2.05) is 30.3 Å². The molecule has 0 saturated carbocycles. The van der Waals surface area contributed by atoms with E-state index in [1.54, 1.807) is 18.0 Å². The van der Waals surface area contributed by atoms with Crippen molar-refractivity contribution >= 4 is 23.3 Å². The van der Waals surface area contributed by atoms with Gasteiger partial charge in [-0.3, -0.25) is 10.1 Å². The number of rotatable bonds is 4. The summed E-state index contributed by atoms with van der Waals surface area (Å²) in [7, 11) is 1.74. The van der Waals surface area contributed by atoms with Crippen LogP contribution in [-0.2, 0) is 4.79 Å². The van der Waals surface area contributed by atoms with Gasteiger partial charge in [-0.1, -0.05) is 30.3 Å². The molecule has 0 saturated heterocycles. The van der Waals surface area contributed by atoms with Crippen molar-refractivity contribution in [3.05, 3.63) is 60.4 Å². The third-order valence-electron chi connectivity index (χ3n) is 2.95. The first kappa shape index (κ1) is 15.5. The zero-order valence-corrected chi connectivity index (χ0v) is 12.0.